The Balaban J connectivity index is 2.57. The zero-order valence-corrected chi connectivity index (χ0v) is 8.42. The zero-order valence-electron chi connectivity index (χ0n) is 8.42. The Morgan fingerprint density at radius 2 is 2.08 bits per heavy atom. The molecule has 0 radical (unpaired) electrons. The number of hydrogen-bond donors (Lipinski definition) is 1. The highest BCUT2D eigenvalue weighted by atomic mass is 16.2. The van der Waals surface area contributed by atoms with Gasteiger partial charge in [-0.05, 0) is 24.2 Å². The molecule has 2 rings (SSSR count). The van der Waals surface area contributed by atoms with Crippen LogP contribution in [-0.2, 0) is 4.79 Å². The third kappa shape index (κ3) is 0.725. The summed E-state index contributed by atoms with van der Waals surface area (Å²) in [4.78, 5) is 11.9. The van der Waals surface area contributed by atoms with Crippen LogP contribution in [0, 0.1) is 16.7 Å². The van der Waals surface area contributed by atoms with Gasteiger partial charge in [0.15, 0.2) is 5.78 Å². The number of fused-ring (bicyclic) bond motifs is 2. The van der Waals surface area contributed by atoms with Gasteiger partial charge >= 0.3 is 0 Å². The number of rotatable bonds is 0. The fraction of sp³-hybridized carbons (Fsp3) is 0.727. The van der Waals surface area contributed by atoms with Crippen molar-refractivity contribution in [2.75, 3.05) is 0 Å². The number of carbonyl (C=O) groups is 1. The first-order valence-corrected chi connectivity index (χ1v) is 4.84. The topological polar surface area (TPSA) is 37.3 Å². The van der Waals surface area contributed by atoms with E-state index in [1.807, 2.05) is 6.92 Å². The van der Waals surface area contributed by atoms with Crippen LogP contribution in [0.3, 0.4) is 0 Å². The minimum atomic E-state index is -0.230. The van der Waals surface area contributed by atoms with Crippen molar-refractivity contribution in [3.8, 4) is 0 Å². The summed E-state index contributed by atoms with van der Waals surface area (Å²) in [6.07, 6.45) is 3.04. The van der Waals surface area contributed by atoms with Crippen LogP contribution < -0.4 is 0 Å². The molecule has 2 fully saturated rings. The third-order valence-electron chi connectivity index (χ3n) is 4.50. The van der Waals surface area contributed by atoms with Crippen LogP contribution in [0.5, 0.6) is 0 Å². The van der Waals surface area contributed by atoms with Crippen molar-refractivity contribution in [2.45, 2.75) is 33.6 Å². The van der Waals surface area contributed by atoms with E-state index in [4.69, 9.17) is 5.11 Å². The average molecular weight is 180 g/mol. The first kappa shape index (κ1) is 8.79. The lowest BCUT2D eigenvalue weighted by Crippen LogP contribution is -2.32. The lowest BCUT2D eigenvalue weighted by molar-refractivity contribution is -0.125. The van der Waals surface area contributed by atoms with Crippen molar-refractivity contribution in [2.24, 2.45) is 16.7 Å². The van der Waals surface area contributed by atoms with Gasteiger partial charge in [0.25, 0.3) is 0 Å². The van der Waals surface area contributed by atoms with E-state index in [9.17, 15) is 4.79 Å². The third-order valence-corrected chi connectivity index (χ3v) is 4.50. The summed E-state index contributed by atoms with van der Waals surface area (Å²) in [5.41, 5.74) is 0.448. The molecule has 2 heteroatoms. The van der Waals surface area contributed by atoms with Gasteiger partial charge in [-0.25, -0.2) is 0 Å². The Morgan fingerprint density at radius 1 is 1.46 bits per heavy atom. The molecule has 2 saturated carbocycles. The highest BCUT2D eigenvalue weighted by Gasteiger charge is 2.64. The molecule has 0 aromatic heterocycles. The first-order valence-electron chi connectivity index (χ1n) is 4.84. The standard InChI is InChI=1S/C11H16O2/c1-10(2)8-4-5-11(10,3)9(13)7(8)6-12/h6,8,12H,4-5H2,1-3H3/b7-6-/t8-,11-/m1/s1. The van der Waals surface area contributed by atoms with Crippen LogP contribution in [-0.4, -0.2) is 10.9 Å². The van der Waals surface area contributed by atoms with E-state index < -0.39 is 0 Å². The normalized spacial score (nSPS) is 44.7. The van der Waals surface area contributed by atoms with Crippen molar-refractivity contribution >= 4 is 5.78 Å². The van der Waals surface area contributed by atoms with E-state index in [1.54, 1.807) is 0 Å². The smallest absolute Gasteiger partial charge is 0.168 e. The second kappa shape index (κ2) is 2.17. The summed E-state index contributed by atoms with van der Waals surface area (Å²) in [6.45, 7) is 6.31. The Morgan fingerprint density at radius 3 is 2.38 bits per heavy atom. The lowest BCUT2D eigenvalue weighted by atomic mass is 9.70. The predicted molar refractivity (Wildman–Crippen MR) is 50.3 cm³/mol. The molecule has 0 spiro atoms. The zero-order chi connectivity index (χ0) is 9.85. The Bertz CT molecular complexity index is 301. The maximum atomic E-state index is 11.9. The number of aliphatic hydroxyl groups excluding tert-OH is 1. The SMILES string of the molecule is CC1(C)[C@@H]2CC[C@]1(C)C(=O)/C2=C\O. The van der Waals surface area contributed by atoms with Gasteiger partial charge in [-0.3, -0.25) is 4.79 Å². The van der Waals surface area contributed by atoms with Crippen LogP contribution in [0.2, 0.25) is 0 Å². The molecule has 0 unspecified atom stereocenters. The van der Waals surface area contributed by atoms with Crippen molar-refractivity contribution in [1.82, 2.24) is 0 Å². The Kier molecular flexibility index (Phi) is 1.47. The minimum Gasteiger partial charge on any atom is -0.515 e. The van der Waals surface area contributed by atoms with Gasteiger partial charge in [-0.2, -0.15) is 0 Å². The molecular formula is C11H16O2. The Labute approximate surface area is 78.6 Å². The molecule has 0 heterocycles. The highest BCUT2D eigenvalue weighted by Crippen LogP contribution is 2.65. The molecule has 2 nitrogen and oxygen atoms in total. The largest absolute Gasteiger partial charge is 0.515 e. The van der Waals surface area contributed by atoms with Crippen LogP contribution >= 0.6 is 0 Å². The number of ketones is 1. The number of hydrogen-bond acceptors (Lipinski definition) is 2. The summed E-state index contributed by atoms with van der Waals surface area (Å²) in [5.74, 6) is 0.436. The van der Waals surface area contributed by atoms with Crippen LogP contribution in [0.25, 0.3) is 0 Å². The van der Waals surface area contributed by atoms with Gasteiger partial charge in [-0.1, -0.05) is 20.8 Å². The van der Waals surface area contributed by atoms with Gasteiger partial charge in [0.05, 0.1) is 6.26 Å². The molecule has 0 aliphatic heterocycles. The van der Waals surface area contributed by atoms with E-state index in [1.165, 1.54) is 0 Å². The lowest BCUT2D eigenvalue weighted by Gasteiger charge is -2.31. The molecular weight excluding hydrogens is 164 g/mol. The highest BCUT2D eigenvalue weighted by molar-refractivity contribution is 6.04. The number of Topliss-reactive ketones (excluding diaryl/α,β-unsaturated/α-hetero) is 1. The molecule has 2 aliphatic carbocycles. The molecule has 13 heavy (non-hydrogen) atoms. The number of aliphatic hydroxyl groups is 1. The molecule has 0 saturated heterocycles. The quantitative estimate of drug-likeness (QED) is 0.459. The Hall–Kier alpha value is -0.790. The second-order valence-corrected chi connectivity index (χ2v) is 5.06. The van der Waals surface area contributed by atoms with Crippen LogP contribution in [0.15, 0.2) is 11.8 Å². The van der Waals surface area contributed by atoms with Crippen molar-refractivity contribution < 1.29 is 9.90 Å². The van der Waals surface area contributed by atoms with E-state index >= 15 is 0 Å². The van der Waals surface area contributed by atoms with Gasteiger partial charge in [0.1, 0.15) is 0 Å². The molecule has 1 N–H and O–H groups in total. The van der Waals surface area contributed by atoms with Gasteiger partial charge < -0.3 is 5.11 Å². The van der Waals surface area contributed by atoms with Gasteiger partial charge in [0.2, 0.25) is 0 Å². The fourth-order valence-corrected chi connectivity index (χ4v) is 3.08. The number of carbonyl (C=O) groups excluding carboxylic acids is 1. The van der Waals surface area contributed by atoms with Gasteiger partial charge in [0, 0.05) is 11.0 Å². The average Bonchev–Trinajstić information content (AvgIpc) is 2.36. The van der Waals surface area contributed by atoms with Gasteiger partial charge in [-0.15, -0.1) is 0 Å². The molecule has 2 aliphatic rings. The summed E-state index contributed by atoms with van der Waals surface area (Å²) in [7, 11) is 0. The van der Waals surface area contributed by atoms with E-state index in [-0.39, 0.29) is 22.5 Å². The molecule has 2 bridgehead atoms. The summed E-state index contributed by atoms with van der Waals surface area (Å²) in [6, 6.07) is 0. The summed E-state index contributed by atoms with van der Waals surface area (Å²) < 4.78 is 0. The van der Waals surface area contributed by atoms with E-state index in [2.05, 4.69) is 13.8 Å². The predicted octanol–water partition coefficient (Wildman–Crippen LogP) is 2.45. The second-order valence-electron chi connectivity index (χ2n) is 5.06. The van der Waals surface area contributed by atoms with Crippen molar-refractivity contribution in [3.05, 3.63) is 11.8 Å². The molecule has 2 atom stereocenters. The van der Waals surface area contributed by atoms with E-state index in [0.29, 0.717) is 5.57 Å². The maximum absolute atomic E-state index is 11.9. The first-order chi connectivity index (χ1) is 5.95. The molecule has 0 aromatic carbocycles. The molecule has 0 amide bonds. The number of allylic oxidation sites excluding steroid dienone is 1. The monoisotopic (exact) mass is 180 g/mol. The van der Waals surface area contributed by atoms with Crippen LogP contribution in [0.1, 0.15) is 33.6 Å². The van der Waals surface area contributed by atoms with Crippen molar-refractivity contribution in [1.29, 1.82) is 0 Å². The summed E-state index contributed by atoms with van der Waals surface area (Å²) in [5, 5.41) is 9.02. The van der Waals surface area contributed by atoms with E-state index in [0.717, 1.165) is 19.1 Å². The summed E-state index contributed by atoms with van der Waals surface area (Å²) >= 11 is 0. The maximum Gasteiger partial charge on any atom is 0.168 e. The van der Waals surface area contributed by atoms with Crippen molar-refractivity contribution in [3.63, 3.8) is 0 Å². The molecule has 72 valence electrons. The minimum absolute atomic E-state index is 0.0264. The molecule has 0 aromatic rings. The van der Waals surface area contributed by atoms with Crippen LogP contribution in [0.4, 0.5) is 0 Å². The fourth-order valence-electron chi connectivity index (χ4n) is 3.08.